The van der Waals surface area contributed by atoms with E-state index >= 15 is 0 Å². The van der Waals surface area contributed by atoms with Gasteiger partial charge in [0.1, 0.15) is 12.2 Å². The molecule has 0 aromatic heterocycles. The Morgan fingerprint density at radius 2 is 1.85 bits per heavy atom. The molecule has 0 fully saturated rings. The summed E-state index contributed by atoms with van der Waals surface area (Å²) < 4.78 is 17.5. The summed E-state index contributed by atoms with van der Waals surface area (Å²) in [5.74, 6) is 0.0444. The fraction of sp³-hybridized carbons (Fsp3) is 0.448. The first-order valence-corrected chi connectivity index (χ1v) is 14.1. The molecule has 2 aromatic carbocycles. The van der Waals surface area contributed by atoms with Crippen LogP contribution in [0.2, 0.25) is 0 Å². The number of nitrogens with one attached hydrogen (secondary N) is 1. The molecule has 0 saturated carbocycles. The second-order valence-corrected chi connectivity index (χ2v) is 10.7. The lowest BCUT2D eigenvalue weighted by molar-refractivity contribution is -0.140. The number of methoxy groups -OCH3 is 2. The van der Waals surface area contributed by atoms with Crippen molar-refractivity contribution in [2.45, 2.75) is 51.2 Å². The number of aliphatic hydroxyl groups is 3. The van der Waals surface area contributed by atoms with Crippen LogP contribution in [0.4, 0.5) is 0 Å². The Kier molecular flexibility index (Phi) is 12.2. The van der Waals surface area contributed by atoms with Crippen LogP contribution in [-0.2, 0) is 27.5 Å². The van der Waals surface area contributed by atoms with Gasteiger partial charge in [0.15, 0.2) is 11.5 Å². The Balaban J connectivity index is 2.02. The number of benzene rings is 2. The van der Waals surface area contributed by atoms with E-state index in [-0.39, 0.29) is 51.7 Å². The topological polar surface area (TPSA) is 138 Å². The van der Waals surface area contributed by atoms with Gasteiger partial charge in [-0.15, -0.1) is 0 Å². The SMILES string of the molecule is COCCC(=O)N(Cc1ccc(C)cc1)C1CC(C(=O)NCCO)=CC(Oc2c(I)cc(CO)cc2OC)C1O. The third-order valence-electron chi connectivity index (χ3n) is 6.65. The van der Waals surface area contributed by atoms with Crippen LogP contribution in [0.25, 0.3) is 0 Å². The van der Waals surface area contributed by atoms with Crippen LogP contribution in [0.1, 0.15) is 29.5 Å². The van der Waals surface area contributed by atoms with E-state index in [1.807, 2.05) is 31.2 Å². The van der Waals surface area contributed by atoms with E-state index in [2.05, 4.69) is 27.9 Å². The van der Waals surface area contributed by atoms with Crippen molar-refractivity contribution in [2.75, 3.05) is 34.0 Å². The minimum atomic E-state index is -1.19. The Morgan fingerprint density at radius 3 is 2.48 bits per heavy atom. The van der Waals surface area contributed by atoms with Gasteiger partial charge in [0.25, 0.3) is 0 Å². The zero-order valence-corrected chi connectivity index (χ0v) is 25.1. The van der Waals surface area contributed by atoms with Gasteiger partial charge in [0, 0.05) is 32.2 Å². The minimum absolute atomic E-state index is 0.0586. The summed E-state index contributed by atoms with van der Waals surface area (Å²) in [5.41, 5.74) is 2.90. The number of aryl methyl sites for hydroxylation is 1. The first kappa shape index (κ1) is 31.8. The van der Waals surface area contributed by atoms with E-state index in [1.54, 1.807) is 23.1 Å². The molecule has 11 heteroatoms. The summed E-state index contributed by atoms with van der Waals surface area (Å²) in [5, 5.41) is 33.1. The summed E-state index contributed by atoms with van der Waals surface area (Å²) >= 11 is 2.06. The van der Waals surface area contributed by atoms with Gasteiger partial charge in [-0.1, -0.05) is 29.8 Å². The van der Waals surface area contributed by atoms with Crippen molar-refractivity contribution in [2.24, 2.45) is 0 Å². The van der Waals surface area contributed by atoms with Crippen molar-refractivity contribution in [1.82, 2.24) is 10.2 Å². The molecule has 1 aliphatic carbocycles. The molecule has 4 N–H and O–H groups in total. The number of halogens is 1. The molecule has 0 aliphatic heterocycles. The highest BCUT2D eigenvalue weighted by molar-refractivity contribution is 14.1. The minimum Gasteiger partial charge on any atom is -0.493 e. The van der Waals surface area contributed by atoms with Crippen molar-refractivity contribution in [3.8, 4) is 11.5 Å². The number of aliphatic hydroxyl groups excluding tert-OH is 3. The normalized spacial score (nSPS) is 18.6. The fourth-order valence-corrected chi connectivity index (χ4v) is 5.30. The quantitative estimate of drug-likeness (QED) is 0.238. The number of hydrogen-bond donors (Lipinski definition) is 4. The Labute approximate surface area is 248 Å². The van der Waals surface area contributed by atoms with E-state index < -0.39 is 24.2 Å². The molecular weight excluding hydrogens is 631 g/mol. The van der Waals surface area contributed by atoms with Gasteiger partial charge in [0.2, 0.25) is 11.8 Å². The van der Waals surface area contributed by atoms with Gasteiger partial charge in [-0.2, -0.15) is 0 Å². The van der Waals surface area contributed by atoms with Crippen molar-refractivity contribution < 1.29 is 39.1 Å². The van der Waals surface area contributed by atoms with Gasteiger partial charge in [-0.25, -0.2) is 0 Å². The lowest BCUT2D eigenvalue weighted by Crippen LogP contribution is -2.55. The van der Waals surface area contributed by atoms with Gasteiger partial charge < -0.3 is 39.7 Å². The molecule has 3 atom stereocenters. The summed E-state index contributed by atoms with van der Waals surface area (Å²) in [7, 11) is 2.99. The number of carbonyl (C=O) groups is 2. The molecule has 0 saturated heterocycles. The maximum absolute atomic E-state index is 13.5. The molecule has 2 amide bonds. The zero-order chi connectivity index (χ0) is 29.2. The molecule has 10 nitrogen and oxygen atoms in total. The average molecular weight is 669 g/mol. The predicted octanol–water partition coefficient (Wildman–Crippen LogP) is 2.08. The first-order valence-electron chi connectivity index (χ1n) is 13.0. The summed E-state index contributed by atoms with van der Waals surface area (Å²) in [4.78, 5) is 28.1. The molecule has 3 rings (SSSR count). The van der Waals surface area contributed by atoms with Crippen LogP contribution in [0.3, 0.4) is 0 Å². The number of amides is 2. The largest absolute Gasteiger partial charge is 0.493 e. The summed E-state index contributed by atoms with van der Waals surface area (Å²) in [6.07, 6.45) is -0.467. The van der Waals surface area contributed by atoms with Crippen LogP contribution in [-0.4, -0.2) is 84.3 Å². The lowest BCUT2D eigenvalue weighted by atomic mass is 9.87. The molecule has 40 heavy (non-hydrogen) atoms. The van der Waals surface area contributed by atoms with Crippen LogP contribution >= 0.6 is 22.6 Å². The van der Waals surface area contributed by atoms with Crippen LogP contribution in [0, 0.1) is 10.5 Å². The molecule has 3 unspecified atom stereocenters. The maximum Gasteiger partial charge on any atom is 0.247 e. The van der Waals surface area contributed by atoms with E-state index in [0.29, 0.717) is 26.2 Å². The number of nitrogens with zero attached hydrogens (tertiary/aromatic N) is 1. The standard InChI is InChI=1S/C29H37IN2O8/c1-18-4-6-19(7-5-18)16-32(26(35)8-11-38-2)23-14-21(29(37)31-9-10-33)15-24(27(23)36)40-28-22(30)12-20(17-34)13-25(28)39-3/h4-7,12-13,15,23-24,27,33-34,36H,8-11,14,16-17H2,1-3H3,(H,31,37). The highest BCUT2D eigenvalue weighted by Gasteiger charge is 2.41. The second-order valence-electron chi connectivity index (χ2n) is 9.53. The fourth-order valence-electron chi connectivity index (χ4n) is 4.51. The molecule has 2 aromatic rings. The molecule has 0 bridgehead atoms. The third-order valence-corrected chi connectivity index (χ3v) is 7.46. The zero-order valence-electron chi connectivity index (χ0n) is 22.9. The smallest absolute Gasteiger partial charge is 0.247 e. The van der Waals surface area contributed by atoms with Gasteiger partial charge in [-0.3, -0.25) is 9.59 Å². The third kappa shape index (κ3) is 8.16. The monoisotopic (exact) mass is 668 g/mol. The summed E-state index contributed by atoms with van der Waals surface area (Å²) in [6, 6.07) is 10.3. The highest BCUT2D eigenvalue weighted by atomic mass is 127. The van der Waals surface area contributed by atoms with Gasteiger partial charge in [-0.05, 0) is 58.9 Å². The molecule has 218 valence electrons. The summed E-state index contributed by atoms with van der Waals surface area (Å²) in [6.45, 7) is 2.04. The van der Waals surface area contributed by atoms with Crippen molar-refractivity contribution in [1.29, 1.82) is 0 Å². The van der Waals surface area contributed by atoms with Crippen LogP contribution in [0.5, 0.6) is 11.5 Å². The van der Waals surface area contributed by atoms with E-state index in [4.69, 9.17) is 14.2 Å². The lowest BCUT2D eigenvalue weighted by Gasteiger charge is -2.40. The Morgan fingerprint density at radius 1 is 1.12 bits per heavy atom. The molecule has 0 heterocycles. The highest BCUT2D eigenvalue weighted by Crippen LogP contribution is 2.37. The van der Waals surface area contributed by atoms with E-state index in [1.165, 1.54) is 14.2 Å². The number of rotatable bonds is 13. The van der Waals surface area contributed by atoms with Crippen molar-refractivity contribution in [3.05, 3.63) is 68.3 Å². The second kappa shape index (κ2) is 15.3. The number of carbonyl (C=O) groups excluding carboxylic acids is 2. The number of ether oxygens (including phenoxy) is 3. The Hall–Kier alpha value is -2.71. The van der Waals surface area contributed by atoms with Crippen LogP contribution < -0.4 is 14.8 Å². The van der Waals surface area contributed by atoms with Gasteiger partial charge in [0.05, 0.1) is 43.0 Å². The van der Waals surface area contributed by atoms with Crippen LogP contribution in [0.15, 0.2) is 48.0 Å². The van der Waals surface area contributed by atoms with E-state index in [0.717, 1.165) is 11.1 Å². The number of hydrogen-bond acceptors (Lipinski definition) is 8. The molecule has 0 radical (unpaired) electrons. The molecule has 1 aliphatic rings. The molecular formula is C29H37IN2O8. The Bertz CT molecular complexity index is 1190. The predicted molar refractivity (Wildman–Crippen MR) is 157 cm³/mol. The first-order chi connectivity index (χ1) is 19.2. The van der Waals surface area contributed by atoms with Crippen molar-refractivity contribution in [3.63, 3.8) is 0 Å². The van der Waals surface area contributed by atoms with Gasteiger partial charge >= 0.3 is 0 Å². The maximum atomic E-state index is 13.5. The van der Waals surface area contributed by atoms with Crippen molar-refractivity contribution >= 4 is 34.4 Å². The molecule has 0 spiro atoms. The average Bonchev–Trinajstić information content (AvgIpc) is 2.96. The van der Waals surface area contributed by atoms with E-state index in [9.17, 15) is 24.9 Å².